The van der Waals surface area contributed by atoms with Crippen molar-refractivity contribution < 1.29 is 19.0 Å². The molecule has 0 aliphatic carbocycles. The summed E-state index contributed by atoms with van der Waals surface area (Å²) in [5.74, 6) is 0.429. The van der Waals surface area contributed by atoms with E-state index in [0.29, 0.717) is 58.6 Å². The van der Waals surface area contributed by atoms with Crippen LogP contribution in [0.5, 0.6) is 0 Å². The van der Waals surface area contributed by atoms with Crippen LogP contribution in [0.1, 0.15) is 37.8 Å². The fourth-order valence-electron chi connectivity index (χ4n) is 3.12. The molecular formula is C21H34N4O4. The van der Waals surface area contributed by atoms with Crippen molar-refractivity contribution in [2.75, 3.05) is 39.5 Å². The van der Waals surface area contributed by atoms with Gasteiger partial charge in [0.1, 0.15) is 0 Å². The summed E-state index contributed by atoms with van der Waals surface area (Å²) in [6.45, 7) is 8.47. The number of nitrogens with zero attached hydrogens (tertiary/aromatic N) is 2. The lowest BCUT2D eigenvalue weighted by Gasteiger charge is -2.31. The van der Waals surface area contributed by atoms with Crippen LogP contribution in [0.15, 0.2) is 29.3 Å². The van der Waals surface area contributed by atoms with Crippen molar-refractivity contribution in [2.45, 2.75) is 45.9 Å². The maximum absolute atomic E-state index is 11.7. The molecule has 3 N–H and O–H groups in total. The number of nitrogens with one attached hydrogen (secondary N) is 1. The topological polar surface area (TPSA) is 98.4 Å². The van der Waals surface area contributed by atoms with E-state index in [1.807, 2.05) is 32.0 Å². The molecule has 2 rings (SSSR count). The number of carbonyl (C=O) groups excluding carboxylic acids is 1. The first-order valence-corrected chi connectivity index (χ1v) is 10.3. The number of guanidine groups is 1. The summed E-state index contributed by atoms with van der Waals surface area (Å²) >= 11 is 0. The van der Waals surface area contributed by atoms with Crippen LogP contribution in [0.3, 0.4) is 0 Å². The molecule has 1 aliphatic rings. The number of nitrogens with two attached hydrogens (primary N) is 1. The third kappa shape index (κ3) is 8.70. The number of likely N-dealkylation sites (tertiary alicyclic amines) is 1. The van der Waals surface area contributed by atoms with E-state index in [1.54, 1.807) is 4.90 Å². The molecule has 1 aromatic carbocycles. The zero-order valence-electron chi connectivity index (χ0n) is 17.6. The molecule has 1 amide bonds. The normalized spacial score (nSPS) is 15.4. The number of carbonyl (C=O) groups is 1. The van der Waals surface area contributed by atoms with Crippen molar-refractivity contribution >= 4 is 12.1 Å². The van der Waals surface area contributed by atoms with Crippen LogP contribution in [0.2, 0.25) is 0 Å². The predicted molar refractivity (Wildman–Crippen MR) is 113 cm³/mol. The number of amides is 1. The van der Waals surface area contributed by atoms with Crippen LogP contribution in [-0.2, 0) is 27.4 Å². The number of ether oxygens (including phenoxy) is 3. The van der Waals surface area contributed by atoms with Gasteiger partial charge in [0.2, 0.25) is 0 Å². The molecule has 1 aromatic rings. The van der Waals surface area contributed by atoms with Gasteiger partial charge in [0.15, 0.2) is 5.96 Å². The highest BCUT2D eigenvalue weighted by atomic mass is 16.6. The lowest BCUT2D eigenvalue weighted by Crippen LogP contribution is -2.48. The Labute approximate surface area is 173 Å². The van der Waals surface area contributed by atoms with E-state index in [0.717, 1.165) is 24.0 Å². The van der Waals surface area contributed by atoms with Crippen molar-refractivity contribution in [1.82, 2.24) is 10.2 Å². The minimum absolute atomic E-state index is 0.217. The molecule has 0 bridgehead atoms. The Morgan fingerprint density at radius 1 is 1.17 bits per heavy atom. The molecule has 8 heteroatoms. The summed E-state index contributed by atoms with van der Waals surface area (Å²) in [5.41, 5.74) is 8.24. The van der Waals surface area contributed by atoms with Crippen LogP contribution in [-0.4, -0.2) is 62.5 Å². The molecule has 8 nitrogen and oxygen atoms in total. The zero-order valence-corrected chi connectivity index (χ0v) is 17.6. The minimum Gasteiger partial charge on any atom is -0.450 e. The smallest absolute Gasteiger partial charge is 0.409 e. The van der Waals surface area contributed by atoms with Crippen LogP contribution in [0.4, 0.5) is 4.79 Å². The van der Waals surface area contributed by atoms with E-state index in [4.69, 9.17) is 19.9 Å². The second-order valence-corrected chi connectivity index (χ2v) is 6.88. The van der Waals surface area contributed by atoms with E-state index >= 15 is 0 Å². The molecule has 1 aliphatic heterocycles. The summed E-state index contributed by atoms with van der Waals surface area (Å²) in [4.78, 5) is 17.9. The Balaban J connectivity index is 1.73. The molecule has 0 atom stereocenters. The summed E-state index contributed by atoms with van der Waals surface area (Å²) in [6, 6.07) is 8.36. The highest BCUT2D eigenvalue weighted by Crippen LogP contribution is 2.12. The standard InChI is InChI=1S/C21H34N4O4/c1-3-27-12-13-28-16-18-7-5-6-17(14-18)15-23-20(22)24-19-8-10-25(11-9-19)21(26)29-4-2/h5-7,14,19H,3-4,8-13,15-16H2,1-2H3,(H3,22,23,24). The van der Waals surface area contributed by atoms with E-state index in [1.165, 1.54) is 0 Å². The number of rotatable bonds is 10. The van der Waals surface area contributed by atoms with E-state index in [2.05, 4.69) is 16.4 Å². The Hall–Kier alpha value is -2.32. The van der Waals surface area contributed by atoms with Crippen molar-refractivity contribution in [3.05, 3.63) is 35.4 Å². The van der Waals surface area contributed by atoms with Gasteiger partial charge in [0, 0.05) is 25.7 Å². The van der Waals surface area contributed by atoms with Gasteiger partial charge in [-0.25, -0.2) is 9.79 Å². The quantitative estimate of drug-likeness (QED) is 0.351. The predicted octanol–water partition coefficient (Wildman–Crippen LogP) is 2.26. The Morgan fingerprint density at radius 2 is 1.90 bits per heavy atom. The molecule has 0 unspecified atom stereocenters. The third-order valence-electron chi connectivity index (χ3n) is 4.64. The Bertz CT molecular complexity index is 645. The highest BCUT2D eigenvalue weighted by Gasteiger charge is 2.23. The molecule has 1 saturated heterocycles. The number of benzene rings is 1. The van der Waals surface area contributed by atoms with E-state index in [-0.39, 0.29) is 12.1 Å². The monoisotopic (exact) mass is 406 g/mol. The molecule has 0 saturated carbocycles. The SMILES string of the molecule is CCOCCOCc1cccc(CN=C(N)NC2CCN(C(=O)OCC)CC2)c1. The molecule has 0 radical (unpaired) electrons. The van der Waals surface area contributed by atoms with Crippen molar-refractivity contribution in [1.29, 1.82) is 0 Å². The van der Waals surface area contributed by atoms with E-state index < -0.39 is 0 Å². The van der Waals surface area contributed by atoms with Gasteiger partial charge in [-0.15, -0.1) is 0 Å². The first-order chi connectivity index (χ1) is 14.1. The first kappa shape index (κ1) is 23.0. The number of piperidine rings is 1. The molecule has 0 aromatic heterocycles. The van der Waals surface area contributed by atoms with Crippen LogP contribution in [0, 0.1) is 0 Å². The van der Waals surface area contributed by atoms with Gasteiger partial charge in [0.25, 0.3) is 0 Å². The van der Waals surface area contributed by atoms with E-state index in [9.17, 15) is 4.79 Å². The van der Waals surface area contributed by atoms with Crippen molar-refractivity contribution in [3.8, 4) is 0 Å². The molecular weight excluding hydrogens is 372 g/mol. The molecule has 29 heavy (non-hydrogen) atoms. The first-order valence-electron chi connectivity index (χ1n) is 10.3. The fourth-order valence-corrected chi connectivity index (χ4v) is 3.12. The maximum atomic E-state index is 11.7. The van der Waals surface area contributed by atoms with Crippen LogP contribution in [0.25, 0.3) is 0 Å². The molecule has 1 heterocycles. The summed E-state index contributed by atoms with van der Waals surface area (Å²) in [6.07, 6.45) is 1.40. The van der Waals surface area contributed by atoms with Gasteiger partial charge >= 0.3 is 6.09 Å². The fraction of sp³-hybridized carbons (Fsp3) is 0.619. The van der Waals surface area contributed by atoms with Crippen LogP contribution >= 0.6 is 0 Å². The minimum atomic E-state index is -0.241. The number of hydrogen-bond acceptors (Lipinski definition) is 5. The lowest BCUT2D eigenvalue weighted by molar-refractivity contribution is 0.0453. The highest BCUT2D eigenvalue weighted by molar-refractivity contribution is 5.78. The maximum Gasteiger partial charge on any atom is 0.409 e. The average molecular weight is 407 g/mol. The summed E-state index contributed by atoms with van der Waals surface area (Å²) in [5, 5.41) is 3.26. The molecule has 162 valence electrons. The van der Waals surface area contributed by atoms with Gasteiger partial charge in [-0.3, -0.25) is 0 Å². The molecule has 1 fully saturated rings. The number of hydrogen-bond donors (Lipinski definition) is 2. The van der Waals surface area contributed by atoms with Gasteiger partial charge < -0.3 is 30.2 Å². The zero-order chi connectivity index (χ0) is 20.9. The average Bonchev–Trinajstić information content (AvgIpc) is 2.73. The van der Waals surface area contributed by atoms with Crippen LogP contribution < -0.4 is 11.1 Å². The second-order valence-electron chi connectivity index (χ2n) is 6.88. The number of aliphatic imine (C=N–C) groups is 1. The second kappa shape index (κ2) is 13.0. The van der Waals surface area contributed by atoms with Crippen molar-refractivity contribution in [3.63, 3.8) is 0 Å². The largest absolute Gasteiger partial charge is 0.450 e. The van der Waals surface area contributed by atoms with Gasteiger partial charge in [-0.05, 0) is 37.8 Å². The van der Waals surface area contributed by atoms with Gasteiger partial charge in [-0.2, -0.15) is 0 Å². The van der Waals surface area contributed by atoms with Gasteiger partial charge in [-0.1, -0.05) is 24.3 Å². The molecule has 0 spiro atoms. The van der Waals surface area contributed by atoms with Crippen molar-refractivity contribution in [2.24, 2.45) is 10.7 Å². The lowest BCUT2D eigenvalue weighted by atomic mass is 10.1. The Kier molecular flexibility index (Phi) is 10.3. The third-order valence-corrected chi connectivity index (χ3v) is 4.64. The Morgan fingerprint density at radius 3 is 2.62 bits per heavy atom. The summed E-state index contributed by atoms with van der Waals surface area (Å²) < 4.78 is 15.9. The van der Waals surface area contributed by atoms with Gasteiger partial charge in [0.05, 0.1) is 33.0 Å². The summed E-state index contributed by atoms with van der Waals surface area (Å²) in [7, 11) is 0.